The summed E-state index contributed by atoms with van der Waals surface area (Å²) in [6, 6.07) is -1.42. The fourth-order valence-electron chi connectivity index (χ4n) is 3.04. The number of nitrogens with two attached hydrogens (primary N) is 1. The number of aliphatic carboxylic acids is 1. The van der Waals surface area contributed by atoms with Gasteiger partial charge in [0.25, 0.3) is 0 Å². The lowest BCUT2D eigenvalue weighted by Crippen LogP contribution is -2.50. The Morgan fingerprint density at radius 3 is 2.41 bits per heavy atom. The molecule has 0 aromatic carbocycles. The third kappa shape index (κ3) is 5.34. The van der Waals surface area contributed by atoms with Crippen LogP contribution in [0.25, 0.3) is 0 Å². The first-order chi connectivity index (χ1) is 10.1. The Morgan fingerprint density at radius 2 is 2.00 bits per heavy atom. The number of aliphatic hydroxyl groups excluding tert-OH is 1. The molecule has 0 heterocycles. The topological polar surface area (TPSA) is 113 Å². The zero-order chi connectivity index (χ0) is 17.0. The van der Waals surface area contributed by atoms with E-state index < -0.39 is 24.3 Å². The van der Waals surface area contributed by atoms with Crippen molar-refractivity contribution in [2.75, 3.05) is 0 Å². The van der Waals surface area contributed by atoms with E-state index in [0.29, 0.717) is 18.1 Å². The molecular weight excluding hydrogens is 284 g/mol. The Balaban J connectivity index is 2.34. The molecule has 0 aliphatic heterocycles. The number of carbonyl (C=O) groups excluding carboxylic acids is 1. The van der Waals surface area contributed by atoms with Gasteiger partial charge in [0.2, 0.25) is 0 Å². The highest BCUT2D eigenvalue weighted by Crippen LogP contribution is 2.61. The van der Waals surface area contributed by atoms with Crippen LogP contribution < -0.4 is 11.1 Å². The van der Waals surface area contributed by atoms with Crippen molar-refractivity contribution in [3.63, 3.8) is 0 Å². The van der Waals surface area contributed by atoms with Crippen molar-refractivity contribution in [2.45, 2.75) is 77.6 Å². The lowest BCUT2D eigenvalue weighted by Gasteiger charge is -2.31. The Morgan fingerprint density at radius 1 is 1.41 bits per heavy atom. The van der Waals surface area contributed by atoms with E-state index in [0.717, 1.165) is 12.8 Å². The summed E-state index contributed by atoms with van der Waals surface area (Å²) < 4.78 is 0. The van der Waals surface area contributed by atoms with Gasteiger partial charge in [-0.2, -0.15) is 0 Å². The van der Waals surface area contributed by atoms with Crippen molar-refractivity contribution < 1.29 is 19.8 Å². The molecule has 3 atom stereocenters. The van der Waals surface area contributed by atoms with Gasteiger partial charge >= 0.3 is 5.97 Å². The molecule has 0 bridgehead atoms. The van der Waals surface area contributed by atoms with Gasteiger partial charge in [-0.25, -0.2) is 0 Å². The number of aliphatic hydroxyl groups is 1. The van der Waals surface area contributed by atoms with Gasteiger partial charge in [0.05, 0.1) is 12.5 Å². The van der Waals surface area contributed by atoms with Crippen molar-refractivity contribution in [3.8, 4) is 0 Å². The Labute approximate surface area is 132 Å². The summed E-state index contributed by atoms with van der Waals surface area (Å²) in [7, 11) is 0. The number of nitrogens with one attached hydrogen (secondary N) is 1. The second-order valence-electron chi connectivity index (χ2n) is 7.54. The van der Waals surface area contributed by atoms with Crippen LogP contribution in [-0.4, -0.2) is 40.8 Å². The highest BCUT2D eigenvalue weighted by molar-refractivity contribution is 5.73. The van der Waals surface area contributed by atoms with Crippen LogP contribution in [0.4, 0.5) is 0 Å². The first kappa shape index (κ1) is 19.1. The SMILES string of the molecule is CC(C)(C)C1(CCCC(N)C(O)N[C@@H](C=O)CC(=O)O)CC1. The molecule has 0 aromatic rings. The van der Waals surface area contributed by atoms with Crippen molar-refractivity contribution in [3.05, 3.63) is 0 Å². The summed E-state index contributed by atoms with van der Waals surface area (Å²) in [5.41, 5.74) is 6.63. The van der Waals surface area contributed by atoms with Crippen LogP contribution in [-0.2, 0) is 9.59 Å². The summed E-state index contributed by atoms with van der Waals surface area (Å²) in [5.74, 6) is -1.09. The van der Waals surface area contributed by atoms with Crippen LogP contribution in [0.3, 0.4) is 0 Å². The number of carboxylic acid groups (broad SMARTS) is 1. The minimum atomic E-state index is -1.09. The van der Waals surface area contributed by atoms with Gasteiger partial charge in [0.15, 0.2) is 0 Å². The minimum absolute atomic E-state index is 0.290. The predicted octanol–water partition coefficient (Wildman–Crippen LogP) is 1.26. The second-order valence-corrected chi connectivity index (χ2v) is 7.54. The molecule has 22 heavy (non-hydrogen) atoms. The third-order valence-corrected chi connectivity index (χ3v) is 4.99. The largest absolute Gasteiger partial charge is 0.481 e. The maximum atomic E-state index is 10.8. The molecule has 1 aliphatic carbocycles. The predicted molar refractivity (Wildman–Crippen MR) is 84.2 cm³/mol. The molecule has 0 amide bonds. The van der Waals surface area contributed by atoms with E-state index in [-0.39, 0.29) is 11.8 Å². The van der Waals surface area contributed by atoms with E-state index in [9.17, 15) is 14.7 Å². The molecule has 0 aromatic heterocycles. The van der Waals surface area contributed by atoms with E-state index in [4.69, 9.17) is 10.8 Å². The number of hydrogen-bond donors (Lipinski definition) is 4. The molecule has 1 rings (SSSR count). The van der Waals surface area contributed by atoms with Crippen molar-refractivity contribution >= 4 is 12.3 Å². The lowest BCUT2D eigenvalue weighted by atomic mass is 9.74. The molecule has 0 radical (unpaired) electrons. The first-order valence-electron chi connectivity index (χ1n) is 7.98. The van der Waals surface area contributed by atoms with Crippen LogP contribution in [0.1, 0.15) is 59.3 Å². The van der Waals surface area contributed by atoms with Gasteiger partial charge in [0.1, 0.15) is 12.5 Å². The highest BCUT2D eigenvalue weighted by atomic mass is 16.4. The molecule has 0 saturated heterocycles. The van der Waals surface area contributed by atoms with Gasteiger partial charge in [-0.05, 0) is 36.5 Å². The Bertz CT molecular complexity index is 388. The number of hydrogen-bond acceptors (Lipinski definition) is 5. The molecule has 1 fully saturated rings. The van der Waals surface area contributed by atoms with Crippen LogP contribution in [0.5, 0.6) is 0 Å². The molecule has 128 valence electrons. The van der Waals surface area contributed by atoms with Gasteiger partial charge in [-0.1, -0.05) is 27.2 Å². The van der Waals surface area contributed by atoms with E-state index in [1.165, 1.54) is 12.8 Å². The average molecular weight is 314 g/mol. The van der Waals surface area contributed by atoms with Gasteiger partial charge in [0, 0.05) is 6.04 Å². The number of carboxylic acids is 1. The van der Waals surface area contributed by atoms with Gasteiger partial charge in [-0.3, -0.25) is 10.1 Å². The highest BCUT2D eigenvalue weighted by Gasteiger charge is 2.50. The average Bonchev–Trinajstić information content (AvgIpc) is 3.17. The van der Waals surface area contributed by atoms with E-state index in [2.05, 4.69) is 26.1 Å². The van der Waals surface area contributed by atoms with E-state index in [1.54, 1.807) is 0 Å². The molecule has 6 heteroatoms. The van der Waals surface area contributed by atoms with Gasteiger partial charge in [-0.15, -0.1) is 0 Å². The smallest absolute Gasteiger partial charge is 0.305 e. The molecule has 0 spiro atoms. The molecular formula is C16H30N2O4. The maximum absolute atomic E-state index is 10.8. The van der Waals surface area contributed by atoms with Crippen LogP contribution >= 0.6 is 0 Å². The van der Waals surface area contributed by atoms with Crippen LogP contribution in [0.2, 0.25) is 0 Å². The van der Waals surface area contributed by atoms with E-state index in [1.807, 2.05) is 0 Å². The fourth-order valence-corrected chi connectivity index (χ4v) is 3.04. The summed E-state index contributed by atoms with van der Waals surface area (Å²) >= 11 is 0. The third-order valence-electron chi connectivity index (χ3n) is 4.99. The van der Waals surface area contributed by atoms with Crippen LogP contribution in [0.15, 0.2) is 0 Å². The minimum Gasteiger partial charge on any atom is -0.481 e. The lowest BCUT2D eigenvalue weighted by molar-refractivity contribution is -0.138. The van der Waals surface area contributed by atoms with Crippen molar-refractivity contribution in [1.29, 1.82) is 0 Å². The van der Waals surface area contributed by atoms with Crippen molar-refractivity contribution in [2.24, 2.45) is 16.6 Å². The Hall–Kier alpha value is -0.980. The zero-order valence-corrected chi connectivity index (χ0v) is 13.8. The fraction of sp³-hybridized carbons (Fsp3) is 0.875. The van der Waals surface area contributed by atoms with E-state index >= 15 is 0 Å². The zero-order valence-electron chi connectivity index (χ0n) is 13.8. The molecule has 1 saturated carbocycles. The second kappa shape index (κ2) is 7.53. The first-order valence-corrected chi connectivity index (χ1v) is 7.98. The summed E-state index contributed by atoms with van der Waals surface area (Å²) in [4.78, 5) is 21.4. The standard InChI is InChI=1S/C16H30N2O4/c1-15(2,3)16(7-8-16)6-4-5-12(17)14(22)18-11(10-19)9-13(20)21/h10-12,14,18,22H,4-9,17H2,1-3H3,(H,20,21)/t11-,12?,14?/m1/s1. The summed E-state index contributed by atoms with van der Waals surface area (Å²) in [6.45, 7) is 6.78. The molecule has 5 N–H and O–H groups in total. The number of rotatable bonds is 10. The number of aldehydes is 1. The molecule has 2 unspecified atom stereocenters. The van der Waals surface area contributed by atoms with Crippen molar-refractivity contribution in [1.82, 2.24) is 5.32 Å². The molecule has 6 nitrogen and oxygen atoms in total. The normalized spacial score (nSPS) is 21.0. The monoisotopic (exact) mass is 314 g/mol. The summed E-state index contributed by atoms with van der Waals surface area (Å²) in [5, 5.41) is 21.2. The maximum Gasteiger partial charge on any atom is 0.305 e. The summed E-state index contributed by atoms with van der Waals surface area (Å²) in [6.07, 6.45) is 4.20. The molecule has 1 aliphatic rings. The number of carbonyl (C=O) groups is 2. The van der Waals surface area contributed by atoms with Gasteiger partial charge < -0.3 is 20.7 Å². The Kier molecular flexibility index (Phi) is 6.52. The van der Waals surface area contributed by atoms with Crippen LogP contribution in [0, 0.1) is 10.8 Å². The quantitative estimate of drug-likeness (QED) is 0.357.